The standard InChI is InChI=1S/C17H25N3O3/c1-11-9-20(10-12(2)23-11)17(22)18-13(3)15-6-5-7-16(8-15)19-14(4)21/h5-8,11-13H,9-10H2,1-4H3,(H,18,22)(H,19,21)/t11-,12+,13-/m0/s1. The molecular formula is C17H25N3O3. The van der Waals surface area contributed by atoms with Gasteiger partial charge in [0.1, 0.15) is 0 Å². The lowest BCUT2D eigenvalue weighted by atomic mass is 10.1. The summed E-state index contributed by atoms with van der Waals surface area (Å²) in [4.78, 5) is 25.4. The van der Waals surface area contributed by atoms with Gasteiger partial charge in [-0.15, -0.1) is 0 Å². The zero-order valence-electron chi connectivity index (χ0n) is 14.1. The third-order valence-corrected chi connectivity index (χ3v) is 3.75. The van der Waals surface area contributed by atoms with Crippen LogP contribution in [0.5, 0.6) is 0 Å². The number of morpholine rings is 1. The van der Waals surface area contributed by atoms with Crippen molar-refractivity contribution in [1.82, 2.24) is 10.2 Å². The van der Waals surface area contributed by atoms with Crippen molar-refractivity contribution >= 4 is 17.6 Å². The maximum absolute atomic E-state index is 12.4. The van der Waals surface area contributed by atoms with E-state index >= 15 is 0 Å². The molecule has 0 unspecified atom stereocenters. The Bertz CT molecular complexity index is 566. The number of rotatable bonds is 3. The van der Waals surface area contributed by atoms with Gasteiger partial charge >= 0.3 is 6.03 Å². The second kappa shape index (κ2) is 7.46. The summed E-state index contributed by atoms with van der Waals surface area (Å²) < 4.78 is 5.65. The Morgan fingerprint density at radius 1 is 1.26 bits per heavy atom. The molecule has 0 aromatic heterocycles. The number of anilines is 1. The summed E-state index contributed by atoms with van der Waals surface area (Å²) in [5.41, 5.74) is 1.67. The van der Waals surface area contributed by atoms with Crippen LogP contribution in [0, 0.1) is 0 Å². The average Bonchev–Trinajstić information content (AvgIpc) is 2.45. The van der Waals surface area contributed by atoms with E-state index in [1.807, 2.05) is 45.0 Å². The van der Waals surface area contributed by atoms with Gasteiger partial charge in [0.05, 0.1) is 18.2 Å². The quantitative estimate of drug-likeness (QED) is 0.899. The van der Waals surface area contributed by atoms with Crippen LogP contribution in [0.25, 0.3) is 0 Å². The van der Waals surface area contributed by atoms with Crippen LogP contribution in [0.2, 0.25) is 0 Å². The van der Waals surface area contributed by atoms with Crippen LogP contribution in [0.3, 0.4) is 0 Å². The molecule has 1 aromatic carbocycles. The molecule has 3 atom stereocenters. The lowest BCUT2D eigenvalue weighted by Gasteiger charge is -2.35. The van der Waals surface area contributed by atoms with Crippen molar-refractivity contribution in [3.63, 3.8) is 0 Å². The summed E-state index contributed by atoms with van der Waals surface area (Å²) in [5, 5.41) is 5.76. The van der Waals surface area contributed by atoms with Crippen molar-refractivity contribution in [3.8, 4) is 0 Å². The Hall–Kier alpha value is -2.08. The molecule has 0 radical (unpaired) electrons. The molecule has 0 saturated carbocycles. The molecule has 1 aromatic rings. The first-order chi connectivity index (χ1) is 10.8. The Morgan fingerprint density at radius 2 is 1.91 bits per heavy atom. The molecule has 2 N–H and O–H groups in total. The van der Waals surface area contributed by atoms with Crippen molar-refractivity contribution in [2.75, 3.05) is 18.4 Å². The van der Waals surface area contributed by atoms with E-state index in [0.29, 0.717) is 13.1 Å². The molecule has 23 heavy (non-hydrogen) atoms. The van der Waals surface area contributed by atoms with Gasteiger partial charge in [-0.05, 0) is 38.5 Å². The number of benzene rings is 1. The SMILES string of the molecule is CC(=O)Nc1cccc([C@H](C)NC(=O)N2C[C@@H](C)O[C@@H](C)C2)c1. The van der Waals surface area contributed by atoms with E-state index in [9.17, 15) is 9.59 Å². The zero-order chi connectivity index (χ0) is 17.0. The van der Waals surface area contributed by atoms with E-state index in [0.717, 1.165) is 11.3 Å². The topological polar surface area (TPSA) is 70.7 Å². The number of hydrogen-bond acceptors (Lipinski definition) is 3. The minimum atomic E-state index is -0.148. The summed E-state index contributed by atoms with van der Waals surface area (Å²) in [6, 6.07) is 7.25. The fraction of sp³-hybridized carbons (Fsp3) is 0.529. The molecule has 1 aliphatic heterocycles. The first kappa shape index (κ1) is 17.3. The highest BCUT2D eigenvalue weighted by atomic mass is 16.5. The van der Waals surface area contributed by atoms with Crippen LogP contribution in [0.1, 0.15) is 39.3 Å². The first-order valence-corrected chi connectivity index (χ1v) is 7.93. The van der Waals surface area contributed by atoms with Crippen LogP contribution in [0.4, 0.5) is 10.5 Å². The third kappa shape index (κ3) is 4.96. The van der Waals surface area contributed by atoms with Gasteiger partial charge in [0, 0.05) is 25.7 Å². The Kier molecular flexibility index (Phi) is 5.60. The molecule has 0 aliphatic carbocycles. The Morgan fingerprint density at radius 3 is 2.52 bits per heavy atom. The smallest absolute Gasteiger partial charge is 0.318 e. The number of carbonyl (C=O) groups excluding carboxylic acids is 2. The van der Waals surface area contributed by atoms with Gasteiger partial charge in [0.15, 0.2) is 0 Å². The molecular weight excluding hydrogens is 294 g/mol. The fourth-order valence-corrected chi connectivity index (χ4v) is 2.79. The minimum Gasteiger partial charge on any atom is -0.372 e. The van der Waals surface area contributed by atoms with Crippen LogP contribution < -0.4 is 10.6 Å². The number of nitrogens with zero attached hydrogens (tertiary/aromatic N) is 1. The molecule has 1 heterocycles. The number of hydrogen-bond donors (Lipinski definition) is 2. The van der Waals surface area contributed by atoms with Gasteiger partial charge < -0.3 is 20.3 Å². The Labute approximate surface area is 137 Å². The van der Waals surface area contributed by atoms with Crippen LogP contribution in [0.15, 0.2) is 24.3 Å². The predicted molar refractivity (Wildman–Crippen MR) is 89.3 cm³/mol. The maximum atomic E-state index is 12.4. The molecule has 0 bridgehead atoms. The van der Waals surface area contributed by atoms with Crippen molar-refractivity contribution in [2.24, 2.45) is 0 Å². The first-order valence-electron chi connectivity index (χ1n) is 7.93. The highest BCUT2D eigenvalue weighted by Gasteiger charge is 2.26. The van der Waals surface area contributed by atoms with Gasteiger partial charge in [0.2, 0.25) is 5.91 Å². The molecule has 1 aliphatic rings. The second-order valence-electron chi connectivity index (χ2n) is 6.14. The molecule has 0 spiro atoms. The van der Waals surface area contributed by atoms with E-state index < -0.39 is 0 Å². The van der Waals surface area contributed by atoms with E-state index in [-0.39, 0.29) is 30.2 Å². The van der Waals surface area contributed by atoms with Crippen molar-refractivity contribution in [2.45, 2.75) is 45.9 Å². The number of ether oxygens (including phenoxy) is 1. The normalized spacial score (nSPS) is 22.3. The number of nitrogens with one attached hydrogen (secondary N) is 2. The van der Waals surface area contributed by atoms with Gasteiger partial charge in [-0.25, -0.2) is 4.79 Å². The van der Waals surface area contributed by atoms with Crippen LogP contribution in [-0.4, -0.2) is 42.1 Å². The monoisotopic (exact) mass is 319 g/mol. The summed E-state index contributed by atoms with van der Waals surface area (Å²) in [5.74, 6) is -0.116. The van der Waals surface area contributed by atoms with Gasteiger partial charge in [-0.1, -0.05) is 12.1 Å². The Balaban J connectivity index is 1.99. The van der Waals surface area contributed by atoms with E-state index in [2.05, 4.69) is 10.6 Å². The van der Waals surface area contributed by atoms with E-state index in [1.165, 1.54) is 6.92 Å². The van der Waals surface area contributed by atoms with Gasteiger partial charge in [0.25, 0.3) is 0 Å². The number of amides is 3. The lowest BCUT2D eigenvalue weighted by Crippen LogP contribution is -2.52. The highest BCUT2D eigenvalue weighted by Crippen LogP contribution is 2.18. The predicted octanol–water partition coefficient (Wildman–Crippen LogP) is 2.52. The second-order valence-corrected chi connectivity index (χ2v) is 6.14. The van der Waals surface area contributed by atoms with E-state index in [1.54, 1.807) is 4.90 Å². The summed E-state index contributed by atoms with van der Waals surface area (Å²) in [7, 11) is 0. The average molecular weight is 319 g/mol. The largest absolute Gasteiger partial charge is 0.372 e. The fourth-order valence-electron chi connectivity index (χ4n) is 2.79. The molecule has 6 nitrogen and oxygen atoms in total. The lowest BCUT2D eigenvalue weighted by molar-refractivity contribution is -0.114. The molecule has 3 amide bonds. The van der Waals surface area contributed by atoms with Crippen molar-refractivity contribution < 1.29 is 14.3 Å². The van der Waals surface area contributed by atoms with Crippen LogP contribution >= 0.6 is 0 Å². The molecule has 1 fully saturated rings. The third-order valence-electron chi connectivity index (χ3n) is 3.75. The molecule has 126 valence electrons. The number of urea groups is 1. The van der Waals surface area contributed by atoms with Gasteiger partial charge in [-0.3, -0.25) is 4.79 Å². The van der Waals surface area contributed by atoms with Crippen LogP contribution in [-0.2, 0) is 9.53 Å². The summed E-state index contributed by atoms with van der Waals surface area (Å²) >= 11 is 0. The molecule has 6 heteroatoms. The van der Waals surface area contributed by atoms with Crippen molar-refractivity contribution in [1.29, 1.82) is 0 Å². The highest BCUT2D eigenvalue weighted by molar-refractivity contribution is 5.88. The maximum Gasteiger partial charge on any atom is 0.318 e. The molecule has 2 rings (SSSR count). The van der Waals surface area contributed by atoms with Crippen molar-refractivity contribution in [3.05, 3.63) is 29.8 Å². The van der Waals surface area contributed by atoms with Gasteiger partial charge in [-0.2, -0.15) is 0 Å². The van der Waals surface area contributed by atoms with E-state index in [4.69, 9.17) is 4.74 Å². The minimum absolute atomic E-state index is 0.0444. The zero-order valence-corrected chi connectivity index (χ0v) is 14.1. The molecule has 1 saturated heterocycles. The summed E-state index contributed by atoms with van der Waals surface area (Å²) in [6.45, 7) is 8.52. The summed E-state index contributed by atoms with van der Waals surface area (Å²) in [6.07, 6.45) is 0.0887. The number of carbonyl (C=O) groups is 2.